The third-order valence-corrected chi connectivity index (χ3v) is 2.59. The van der Waals surface area contributed by atoms with Crippen LogP contribution in [0.3, 0.4) is 0 Å². The monoisotopic (exact) mass is 297 g/mol. The summed E-state index contributed by atoms with van der Waals surface area (Å²) in [6, 6.07) is 4.97. The normalized spacial score (nSPS) is 9.80. The predicted octanol–water partition coefficient (Wildman–Crippen LogP) is 1.92. The molecular weight excluding hydrogens is 278 g/mol. The summed E-state index contributed by atoms with van der Waals surface area (Å²) in [4.78, 5) is 26.8. The summed E-state index contributed by atoms with van der Waals surface area (Å²) in [6.45, 7) is 5.62. The molecule has 0 aromatic heterocycles. The molecule has 0 aliphatic carbocycles. The topological polar surface area (TPSA) is 98.5 Å². The summed E-state index contributed by atoms with van der Waals surface area (Å²) in [7, 11) is 0. The van der Waals surface area contributed by atoms with Gasteiger partial charge < -0.3 is 11.5 Å². The van der Waals surface area contributed by atoms with E-state index < -0.39 is 5.91 Å². The number of amides is 1. The van der Waals surface area contributed by atoms with Gasteiger partial charge in [-0.15, -0.1) is 12.4 Å². The zero-order chi connectivity index (χ0) is 14.6. The predicted molar refractivity (Wildman–Crippen MR) is 82.4 cm³/mol. The molecule has 110 valence electrons. The average molecular weight is 298 g/mol. The molecule has 0 saturated carbocycles. The van der Waals surface area contributed by atoms with Gasteiger partial charge in [0, 0.05) is 11.1 Å². The van der Waals surface area contributed by atoms with Crippen LogP contribution in [0.2, 0.25) is 0 Å². The van der Waals surface area contributed by atoms with Crippen LogP contribution in [0.5, 0.6) is 0 Å². The first-order valence-corrected chi connectivity index (χ1v) is 6.09. The lowest BCUT2D eigenvalue weighted by atomic mass is 9.94. The molecule has 0 spiro atoms. The van der Waals surface area contributed by atoms with Gasteiger partial charge in [-0.3, -0.25) is 9.59 Å². The van der Waals surface area contributed by atoms with E-state index in [1.54, 1.807) is 18.2 Å². The maximum Gasteiger partial charge on any atom is 0.280 e. The van der Waals surface area contributed by atoms with Crippen molar-refractivity contribution in [1.29, 1.82) is 0 Å². The number of nitrogens with two attached hydrogens (primary N) is 2. The summed E-state index contributed by atoms with van der Waals surface area (Å²) in [5.41, 5.74) is 12.1. The van der Waals surface area contributed by atoms with Gasteiger partial charge in [0.2, 0.25) is 0 Å². The molecule has 0 saturated heterocycles. The molecule has 0 heterocycles. The first-order valence-electron chi connectivity index (χ1n) is 6.09. The zero-order valence-corrected chi connectivity index (χ0v) is 12.7. The molecule has 0 aliphatic rings. The molecule has 1 rings (SSSR count). The zero-order valence-electron chi connectivity index (χ0n) is 11.8. The van der Waals surface area contributed by atoms with Gasteiger partial charge in [0.05, 0.1) is 0 Å². The molecule has 1 amide bonds. The highest BCUT2D eigenvalue weighted by Gasteiger charge is 2.13. The minimum atomic E-state index is -0.543. The third kappa shape index (κ3) is 5.01. The van der Waals surface area contributed by atoms with Crippen LogP contribution < -0.4 is 11.5 Å². The number of rotatable bonds is 4. The summed E-state index contributed by atoms with van der Waals surface area (Å²) in [5.74, 6) is -0.480. The SMILES string of the molecule is CC(=O)c1cc(C(=O)N=C(N)N)ccc1CC(C)C.Cl. The van der Waals surface area contributed by atoms with Gasteiger partial charge in [-0.2, -0.15) is 4.99 Å². The van der Waals surface area contributed by atoms with Crippen LogP contribution in [0.25, 0.3) is 0 Å². The Balaban J connectivity index is 0.00000361. The summed E-state index contributed by atoms with van der Waals surface area (Å²) >= 11 is 0. The van der Waals surface area contributed by atoms with Crippen LogP contribution in [-0.4, -0.2) is 17.6 Å². The lowest BCUT2D eigenvalue weighted by molar-refractivity contribution is 0.100. The molecule has 5 nitrogen and oxygen atoms in total. The first kappa shape index (κ1) is 18.1. The Morgan fingerprint density at radius 3 is 2.30 bits per heavy atom. The summed E-state index contributed by atoms with van der Waals surface area (Å²) in [5, 5.41) is 0. The van der Waals surface area contributed by atoms with Crippen LogP contribution >= 0.6 is 12.4 Å². The number of carbonyl (C=O) groups excluding carboxylic acids is 2. The van der Waals surface area contributed by atoms with E-state index in [4.69, 9.17) is 11.5 Å². The second-order valence-corrected chi connectivity index (χ2v) is 4.87. The van der Waals surface area contributed by atoms with Crippen LogP contribution in [0.15, 0.2) is 23.2 Å². The lowest BCUT2D eigenvalue weighted by Crippen LogP contribution is -2.24. The Morgan fingerprint density at radius 2 is 1.85 bits per heavy atom. The fourth-order valence-electron chi connectivity index (χ4n) is 1.84. The number of ketones is 1. The Kier molecular flexibility index (Phi) is 6.93. The van der Waals surface area contributed by atoms with Crippen molar-refractivity contribution in [1.82, 2.24) is 0 Å². The van der Waals surface area contributed by atoms with E-state index in [2.05, 4.69) is 18.8 Å². The largest absolute Gasteiger partial charge is 0.370 e. The fourth-order valence-corrected chi connectivity index (χ4v) is 1.84. The molecule has 6 heteroatoms. The maximum absolute atomic E-state index is 11.7. The van der Waals surface area contributed by atoms with Crippen molar-refractivity contribution in [2.45, 2.75) is 27.2 Å². The van der Waals surface area contributed by atoms with Crippen molar-refractivity contribution >= 4 is 30.1 Å². The van der Waals surface area contributed by atoms with Crippen LogP contribution in [0.1, 0.15) is 47.1 Å². The number of carbonyl (C=O) groups is 2. The van der Waals surface area contributed by atoms with Gasteiger partial charge in [-0.05, 0) is 37.0 Å². The van der Waals surface area contributed by atoms with Gasteiger partial charge in [0.15, 0.2) is 11.7 Å². The highest BCUT2D eigenvalue weighted by Crippen LogP contribution is 2.17. The Bertz CT molecular complexity index is 535. The van der Waals surface area contributed by atoms with Crippen molar-refractivity contribution < 1.29 is 9.59 Å². The van der Waals surface area contributed by atoms with E-state index in [0.717, 1.165) is 12.0 Å². The molecule has 0 unspecified atom stereocenters. The van der Waals surface area contributed by atoms with E-state index in [-0.39, 0.29) is 24.1 Å². The first-order chi connectivity index (χ1) is 8.81. The second kappa shape index (κ2) is 7.65. The van der Waals surface area contributed by atoms with Gasteiger partial charge >= 0.3 is 0 Å². The Morgan fingerprint density at radius 1 is 1.25 bits per heavy atom. The molecule has 1 aromatic rings. The maximum atomic E-state index is 11.7. The van der Waals surface area contributed by atoms with E-state index in [0.29, 0.717) is 17.0 Å². The Labute approximate surface area is 124 Å². The Hall–Kier alpha value is -1.88. The number of hydrogen-bond acceptors (Lipinski definition) is 2. The number of benzene rings is 1. The van der Waals surface area contributed by atoms with Gasteiger partial charge in [0.25, 0.3) is 5.91 Å². The number of aliphatic imine (C=N–C) groups is 1. The molecule has 20 heavy (non-hydrogen) atoms. The molecular formula is C14H20ClN3O2. The molecule has 0 bridgehead atoms. The number of nitrogens with zero attached hydrogens (tertiary/aromatic N) is 1. The highest BCUT2D eigenvalue weighted by atomic mass is 35.5. The second-order valence-electron chi connectivity index (χ2n) is 4.87. The van der Waals surface area contributed by atoms with Crippen LogP contribution in [0.4, 0.5) is 0 Å². The number of halogens is 1. The van der Waals surface area contributed by atoms with Crippen molar-refractivity contribution in [3.8, 4) is 0 Å². The molecule has 1 aromatic carbocycles. The quantitative estimate of drug-likeness (QED) is 0.504. The molecule has 0 radical (unpaired) electrons. The van der Waals surface area contributed by atoms with Gasteiger partial charge in [0.1, 0.15) is 0 Å². The minimum Gasteiger partial charge on any atom is -0.370 e. The standard InChI is InChI=1S/C14H19N3O2.ClH/c1-8(2)6-10-4-5-11(7-12(10)9(3)18)13(19)17-14(15)16;/h4-5,7-8H,6H2,1-3H3,(H4,15,16,17,19);1H. The number of Topliss-reactive ketones (excluding diaryl/α,β-unsaturated/α-hetero) is 1. The van der Waals surface area contributed by atoms with E-state index in [1.807, 2.05) is 0 Å². The molecule has 0 fully saturated rings. The molecule has 0 atom stereocenters. The molecule has 4 N–H and O–H groups in total. The smallest absolute Gasteiger partial charge is 0.280 e. The van der Waals surface area contributed by atoms with E-state index in [9.17, 15) is 9.59 Å². The minimum absolute atomic E-state index is 0. The molecule has 0 aliphatic heterocycles. The number of hydrogen-bond donors (Lipinski definition) is 2. The van der Waals surface area contributed by atoms with E-state index >= 15 is 0 Å². The lowest BCUT2D eigenvalue weighted by Gasteiger charge is -2.10. The van der Waals surface area contributed by atoms with Crippen molar-refractivity contribution in [2.24, 2.45) is 22.4 Å². The fraction of sp³-hybridized carbons (Fsp3) is 0.357. The van der Waals surface area contributed by atoms with Gasteiger partial charge in [-0.1, -0.05) is 19.9 Å². The summed E-state index contributed by atoms with van der Waals surface area (Å²) in [6.07, 6.45) is 0.783. The van der Waals surface area contributed by atoms with Crippen molar-refractivity contribution in [2.75, 3.05) is 0 Å². The van der Waals surface area contributed by atoms with Crippen molar-refractivity contribution in [3.05, 3.63) is 34.9 Å². The summed E-state index contributed by atoms with van der Waals surface area (Å²) < 4.78 is 0. The van der Waals surface area contributed by atoms with Gasteiger partial charge in [-0.25, -0.2) is 0 Å². The van der Waals surface area contributed by atoms with Crippen LogP contribution in [0, 0.1) is 5.92 Å². The van der Waals surface area contributed by atoms with Crippen molar-refractivity contribution in [3.63, 3.8) is 0 Å². The highest BCUT2D eigenvalue weighted by molar-refractivity contribution is 6.04. The van der Waals surface area contributed by atoms with E-state index in [1.165, 1.54) is 6.92 Å². The third-order valence-electron chi connectivity index (χ3n) is 2.59. The number of guanidine groups is 1. The average Bonchev–Trinajstić information content (AvgIpc) is 2.27. The van der Waals surface area contributed by atoms with Crippen LogP contribution in [-0.2, 0) is 6.42 Å².